The van der Waals surface area contributed by atoms with Crippen LogP contribution in [0.15, 0.2) is 42.5 Å². The number of halogens is 1. The van der Waals surface area contributed by atoms with Crippen molar-refractivity contribution in [2.75, 3.05) is 42.9 Å². The standard InChI is InChI=1S/C21H26FN3O/c1-16-7-8-18(15-17(16)2)23-21(26)9-10-24-11-13-25(14-12-24)20-6-4-3-5-19(20)22/h3-8,15H,9-14H2,1-2H3,(H,23,26). The lowest BCUT2D eigenvalue weighted by atomic mass is 10.1. The summed E-state index contributed by atoms with van der Waals surface area (Å²) in [6.07, 6.45) is 0.465. The zero-order valence-electron chi connectivity index (χ0n) is 15.5. The second kappa shape index (κ2) is 8.32. The molecule has 26 heavy (non-hydrogen) atoms. The molecule has 1 aliphatic heterocycles. The highest BCUT2D eigenvalue weighted by molar-refractivity contribution is 5.90. The Kier molecular flexibility index (Phi) is 5.89. The Balaban J connectivity index is 1.44. The van der Waals surface area contributed by atoms with Gasteiger partial charge in [0, 0.05) is 44.8 Å². The van der Waals surface area contributed by atoms with Crippen molar-refractivity contribution < 1.29 is 9.18 Å². The maximum atomic E-state index is 13.9. The lowest BCUT2D eigenvalue weighted by Crippen LogP contribution is -2.47. The lowest BCUT2D eigenvalue weighted by Gasteiger charge is -2.36. The molecule has 1 heterocycles. The van der Waals surface area contributed by atoms with Gasteiger partial charge in [-0.2, -0.15) is 0 Å². The fourth-order valence-corrected chi connectivity index (χ4v) is 3.22. The Bertz CT molecular complexity index is 770. The molecule has 2 aromatic carbocycles. The highest BCUT2D eigenvalue weighted by atomic mass is 19.1. The quantitative estimate of drug-likeness (QED) is 0.890. The number of nitrogens with one attached hydrogen (secondary N) is 1. The summed E-state index contributed by atoms with van der Waals surface area (Å²) in [5.41, 5.74) is 3.91. The maximum absolute atomic E-state index is 13.9. The van der Waals surface area contributed by atoms with Gasteiger partial charge in [-0.15, -0.1) is 0 Å². The number of amides is 1. The SMILES string of the molecule is Cc1ccc(NC(=O)CCN2CCN(c3ccccc3F)CC2)cc1C. The van der Waals surface area contributed by atoms with Crippen LogP contribution in [0.1, 0.15) is 17.5 Å². The van der Waals surface area contributed by atoms with Gasteiger partial charge in [0.05, 0.1) is 5.69 Å². The summed E-state index contributed by atoms with van der Waals surface area (Å²) < 4.78 is 13.9. The third-order valence-corrected chi connectivity index (χ3v) is 5.01. The molecule has 0 radical (unpaired) electrons. The summed E-state index contributed by atoms with van der Waals surface area (Å²) in [7, 11) is 0. The van der Waals surface area contributed by atoms with Gasteiger partial charge < -0.3 is 10.2 Å². The molecular weight excluding hydrogens is 329 g/mol. The van der Waals surface area contributed by atoms with Crippen LogP contribution in [0.2, 0.25) is 0 Å². The second-order valence-electron chi connectivity index (χ2n) is 6.88. The summed E-state index contributed by atoms with van der Waals surface area (Å²) in [5.74, 6) is -0.140. The molecule has 0 saturated carbocycles. The van der Waals surface area contributed by atoms with Crippen molar-refractivity contribution in [3.8, 4) is 0 Å². The molecule has 4 nitrogen and oxygen atoms in total. The van der Waals surface area contributed by atoms with Gasteiger partial charge in [-0.05, 0) is 49.2 Å². The topological polar surface area (TPSA) is 35.6 Å². The number of carbonyl (C=O) groups excluding carboxylic acids is 1. The molecule has 2 aromatic rings. The number of nitrogens with zero attached hydrogens (tertiary/aromatic N) is 2. The van der Waals surface area contributed by atoms with Crippen LogP contribution in [-0.4, -0.2) is 43.5 Å². The Morgan fingerprint density at radius 1 is 1.04 bits per heavy atom. The molecule has 0 bridgehead atoms. The first-order valence-electron chi connectivity index (χ1n) is 9.12. The first-order valence-corrected chi connectivity index (χ1v) is 9.12. The molecule has 5 heteroatoms. The lowest BCUT2D eigenvalue weighted by molar-refractivity contribution is -0.116. The third-order valence-electron chi connectivity index (χ3n) is 5.01. The number of carbonyl (C=O) groups is 1. The van der Waals surface area contributed by atoms with E-state index in [2.05, 4.69) is 22.0 Å². The fraction of sp³-hybridized carbons (Fsp3) is 0.381. The van der Waals surface area contributed by atoms with Gasteiger partial charge in [0.2, 0.25) is 5.91 Å². The number of hydrogen-bond acceptors (Lipinski definition) is 3. The Morgan fingerprint density at radius 2 is 1.77 bits per heavy atom. The predicted octanol–water partition coefficient (Wildman–Crippen LogP) is 3.59. The minimum Gasteiger partial charge on any atom is -0.367 e. The van der Waals surface area contributed by atoms with E-state index in [1.165, 1.54) is 17.2 Å². The highest BCUT2D eigenvalue weighted by Crippen LogP contribution is 2.20. The number of aryl methyl sites for hydroxylation is 2. The minimum absolute atomic E-state index is 0.0322. The van der Waals surface area contributed by atoms with Crippen molar-refractivity contribution >= 4 is 17.3 Å². The molecule has 1 amide bonds. The van der Waals surface area contributed by atoms with E-state index in [9.17, 15) is 9.18 Å². The maximum Gasteiger partial charge on any atom is 0.225 e. The van der Waals surface area contributed by atoms with Crippen molar-refractivity contribution in [1.29, 1.82) is 0 Å². The largest absolute Gasteiger partial charge is 0.367 e. The van der Waals surface area contributed by atoms with Crippen LogP contribution in [0.4, 0.5) is 15.8 Å². The van der Waals surface area contributed by atoms with Gasteiger partial charge in [0.25, 0.3) is 0 Å². The van der Waals surface area contributed by atoms with Crippen LogP contribution in [0, 0.1) is 19.7 Å². The van der Waals surface area contributed by atoms with Crippen molar-refractivity contribution in [3.63, 3.8) is 0 Å². The van der Waals surface area contributed by atoms with Crippen LogP contribution in [0.5, 0.6) is 0 Å². The first kappa shape index (κ1) is 18.4. The number of anilines is 2. The molecule has 1 N–H and O–H groups in total. The number of benzene rings is 2. The van der Waals surface area contributed by atoms with Crippen molar-refractivity contribution in [2.24, 2.45) is 0 Å². The van der Waals surface area contributed by atoms with Gasteiger partial charge in [-0.3, -0.25) is 9.69 Å². The van der Waals surface area contributed by atoms with E-state index in [0.717, 1.165) is 38.4 Å². The Labute approximate surface area is 154 Å². The molecule has 138 valence electrons. The molecule has 1 saturated heterocycles. The number of para-hydroxylation sites is 1. The molecule has 3 rings (SSSR count). The second-order valence-corrected chi connectivity index (χ2v) is 6.88. The fourth-order valence-electron chi connectivity index (χ4n) is 3.22. The number of hydrogen-bond donors (Lipinski definition) is 1. The van der Waals surface area contributed by atoms with Crippen LogP contribution in [-0.2, 0) is 4.79 Å². The Hall–Kier alpha value is -2.40. The van der Waals surface area contributed by atoms with Crippen molar-refractivity contribution in [2.45, 2.75) is 20.3 Å². The van der Waals surface area contributed by atoms with E-state index in [0.29, 0.717) is 12.1 Å². The molecule has 0 aliphatic carbocycles. The molecule has 0 unspecified atom stereocenters. The zero-order chi connectivity index (χ0) is 18.5. The smallest absolute Gasteiger partial charge is 0.225 e. The van der Waals surface area contributed by atoms with Gasteiger partial charge in [0.15, 0.2) is 0 Å². The van der Waals surface area contributed by atoms with Gasteiger partial charge in [0.1, 0.15) is 5.82 Å². The zero-order valence-corrected chi connectivity index (χ0v) is 15.5. The van der Waals surface area contributed by atoms with Crippen LogP contribution in [0.3, 0.4) is 0 Å². The van der Waals surface area contributed by atoms with Gasteiger partial charge in [-0.1, -0.05) is 18.2 Å². The molecule has 1 fully saturated rings. The van der Waals surface area contributed by atoms with Gasteiger partial charge >= 0.3 is 0 Å². The molecule has 0 atom stereocenters. The van der Waals surface area contributed by atoms with E-state index in [-0.39, 0.29) is 11.7 Å². The van der Waals surface area contributed by atoms with Crippen molar-refractivity contribution in [1.82, 2.24) is 4.90 Å². The highest BCUT2D eigenvalue weighted by Gasteiger charge is 2.19. The van der Waals surface area contributed by atoms with E-state index >= 15 is 0 Å². The molecule has 0 spiro atoms. The summed E-state index contributed by atoms with van der Waals surface area (Å²) in [5, 5.41) is 2.97. The summed E-state index contributed by atoms with van der Waals surface area (Å²) in [6.45, 7) is 8.06. The van der Waals surface area contributed by atoms with E-state index in [1.54, 1.807) is 6.07 Å². The first-order chi connectivity index (χ1) is 12.5. The average molecular weight is 355 g/mol. The summed E-state index contributed by atoms with van der Waals surface area (Å²) in [6, 6.07) is 12.9. The van der Waals surface area contributed by atoms with Gasteiger partial charge in [-0.25, -0.2) is 4.39 Å². The third kappa shape index (κ3) is 4.61. The molecule has 1 aliphatic rings. The van der Waals surface area contributed by atoms with Crippen LogP contribution >= 0.6 is 0 Å². The van der Waals surface area contributed by atoms with E-state index in [4.69, 9.17) is 0 Å². The summed E-state index contributed by atoms with van der Waals surface area (Å²) >= 11 is 0. The van der Waals surface area contributed by atoms with Crippen LogP contribution < -0.4 is 10.2 Å². The van der Waals surface area contributed by atoms with E-state index < -0.39 is 0 Å². The van der Waals surface area contributed by atoms with E-state index in [1.807, 2.05) is 37.3 Å². The Morgan fingerprint density at radius 3 is 2.46 bits per heavy atom. The average Bonchev–Trinajstić information content (AvgIpc) is 2.64. The van der Waals surface area contributed by atoms with Crippen molar-refractivity contribution in [3.05, 3.63) is 59.4 Å². The monoisotopic (exact) mass is 355 g/mol. The van der Waals surface area contributed by atoms with Crippen LogP contribution in [0.25, 0.3) is 0 Å². The minimum atomic E-state index is -0.172. The molecular formula is C21H26FN3O. The normalized spacial score (nSPS) is 15.1. The number of piperazine rings is 1. The summed E-state index contributed by atoms with van der Waals surface area (Å²) in [4.78, 5) is 16.5. The number of rotatable bonds is 5. The predicted molar refractivity (Wildman–Crippen MR) is 104 cm³/mol. The molecule has 0 aromatic heterocycles.